The van der Waals surface area contributed by atoms with Gasteiger partial charge in [-0.15, -0.1) is 0 Å². The zero-order chi connectivity index (χ0) is 9.56. The number of hydrogen-bond donors (Lipinski definition) is 3. The van der Waals surface area contributed by atoms with E-state index >= 15 is 0 Å². The minimum atomic E-state index is -0.740. The first-order valence-electron chi connectivity index (χ1n) is 3.34. The number of nitrogens with one attached hydrogen (secondary N) is 2. The molecule has 0 aromatic carbocycles. The lowest BCUT2D eigenvalue weighted by Crippen LogP contribution is -2.49. The van der Waals surface area contributed by atoms with Crippen LogP contribution in [0.5, 0.6) is 0 Å². The summed E-state index contributed by atoms with van der Waals surface area (Å²) in [5, 5.41) is 11.4. The highest BCUT2D eigenvalue weighted by Gasteiger charge is 2.20. The summed E-state index contributed by atoms with van der Waals surface area (Å²) in [5.74, 6) is -1.10. The Morgan fingerprint density at radius 3 is 1.83 bits per heavy atom. The number of imide groups is 2. The molecule has 68 valence electrons. The van der Waals surface area contributed by atoms with Gasteiger partial charge in [-0.3, -0.25) is 20.2 Å². The van der Waals surface area contributed by atoms with E-state index in [1.807, 2.05) is 10.6 Å². The van der Waals surface area contributed by atoms with Crippen LogP contribution < -0.4 is 10.6 Å². The molecule has 0 unspecified atom stereocenters. The summed E-state index contributed by atoms with van der Waals surface area (Å²) in [7, 11) is 0. The van der Waals surface area contributed by atoms with E-state index in [0.29, 0.717) is 0 Å². The Balaban J connectivity index is 0.000000354. The van der Waals surface area contributed by atoms with Crippen molar-refractivity contribution < 1.29 is 19.5 Å². The normalized spacial score (nSPS) is 15.7. The van der Waals surface area contributed by atoms with E-state index in [2.05, 4.69) is 0 Å². The molecule has 4 amide bonds. The third kappa shape index (κ3) is 4.40. The maximum Gasteiger partial charge on any atom is 0.328 e. The lowest BCUT2D eigenvalue weighted by molar-refractivity contribution is -0.129. The number of carbonyl (C=O) groups excluding carboxylic acids is 3. The van der Waals surface area contributed by atoms with E-state index in [-0.39, 0.29) is 13.0 Å². The largest absolute Gasteiger partial charge is 0.397 e. The first kappa shape index (κ1) is 10.6. The molecule has 1 heterocycles. The standard InChI is InChI=1S/C4H4N2O3.C2H6O/c7-2-1-3(8)6-4(9)5-2;1-2-3/h1H2,(H2,5,6,7,8,9);3H,2H2,1H3. The molecule has 12 heavy (non-hydrogen) atoms. The van der Waals surface area contributed by atoms with Crippen molar-refractivity contribution in [1.82, 2.24) is 10.6 Å². The van der Waals surface area contributed by atoms with E-state index in [0.717, 1.165) is 0 Å². The highest BCUT2D eigenvalue weighted by atomic mass is 16.2. The van der Waals surface area contributed by atoms with Crippen LogP contribution in [0.25, 0.3) is 0 Å². The average Bonchev–Trinajstić information content (AvgIpc) is 1.84. The highest BCUT2D eigenvalue weighted by molar-refractivity contribution is 6.14. The van der Waals surface area contributed by atoms with Crippen molar-refractivity contribution in [1.29, 1.82) is 0 Å². The molecular formula is C6H10N2O4. The molecule has 0 aromatic heterocycles. The Morgan fingerprint density at radius 1 is 1.25 bits per heavy atom. The average molecular weight is 174 g/mol. The smallest absolute Gasteiger partial charge is 0.328 e. The molecule has 0 atom stereocenters. The molecule has 1 aliphatic rings. The number of hydrogen-bond acceptors (Lipinski definition) is 4. The van der Waals surface area contributed by atoms with Crippen LogP contribution in [0.3, 0.4) is 0 Å². The molecule has 6 heteroatoms. The van der Waals surface area contributed by atoms with E-state index in [4.69, 9.17) is 5.11 Å². The predicted molar refractivity (Wildman–Crippen MR) is 39.1 cm³/mol. The molecule has 3 N–H and O–H groups in total. The van der Waals surface area contributed by atoms with Crippen LogP contribution in [-0.4, -0.2) is 29.6 Å². The van der Waals surface area contributed by atoms with Gasteiger partial charge in [-0.05, 0) is 6.92 Å². The van der Waals surface area contributed by atoms with Crippen LogP contribution >= 0.6 is 0 Å². The third-order valence-corrected chi connectivity index (χ3v) is 0.827. The molecule has 6 nitrogen and oxygen atoms in total. The Labute approximate surface area is 68.9 Å². The fraction of sp³-hybridized carbons (Fsp3) is 0.500. The first-order valence-corrected chi connectivity index (χ1v) is 3.34. The fourth-order valence-electron chi connectivity index (χ4n) is 0.519. The first-order chi connectivity index (χ1) is 5.60. The molecule has 0 bridgehead atoms. The summed E-state index contributed by atoms with van der Waals surface area (Å²) < 4.78 is 0. The molecule has 1 aliphatic heterocycles. The van der Waals surface area contributed by atoms with Gasteiger partial charge in [0, 0.05) is 6.61 Å². The van der Waals surface area contributed by atoms with Gasteiger partial charge in [0.2, 0.25) is 11.8 Å². The zero-order valence-corrected chi connectivity index (χ0v) is 6.59. The van der Waals surface area contributed by atoms with Crippen molar-refractivity contribution in [2.75, 3.05) is 6.61 Å². The van der Waals surface area contributed by atoms with Gasteiger partial charge < -0.3 is 5.11 Å². The highest BCUT2D eigenvalue weighted by Crippen LogP contribution is 1.85. The SMILES string of the molecule is CCO.O=C1CC(=O)NC(=O)N1. The number of aliphatic hydroxyl groups excluding tert-OH is 1. The summed E-state index contributed by atoms with van der Waals surface area (Å²) in [5.41, 5.74) is 0. The van der Waals surface area contributed by atoms with Gasteiger partial charge in [0.25, 0.3) is 0 Å². The van der Waals surface area contributed by atoms with E-state index in [1.54, 1.807) is 6.92 Å². The van der Waals surface area contributed by atoms with Crippen molar-refractivity contribution in [2.24, 2.45) is 0 Å². The van der Waals surface area contributed by atoms with E-state index < -0.39 is 17.8 Å². The number of amides is 4. The third-order valence-electron chi connectivity index (χ3n) is 0.827. The number of rotatable bonds is 0. The molecule has 0 aromatic rings. The minimum absolute atomic E-state index is 0.250. The van der Waals surface area contributed by atoms with Crippen LogP contribution in [0.15, 0.2) is 0 Å². The van der Waals surface area contributed by atoms with Crippen LogP contribution in [-0.2, 0) is 9.59 Å². The van der Waals surface area contributed by atoms with Crippen molar-refractivity contribution in [2.45, 2.75) is 13.3 Å². The molecular weight excluding hydrogens is 164 g/mol. The summed E-state index contributed by atoms with van der Waals surface area (Å²) in [6.07, 6.45) is -0.258. The number of carbonyl (C=O) groups is 3. The lowest BCUT2D eigenvalue weighted by Gasteiger charge is -2.09. The second-order valence-electron chi connectivity index (χ2n) is 1.92. The zero-order valence-electron chi connectivity index (χ0n) is 6.59. The molecule has 0 aliphatic carbocycles. The van der Waals surface area contributed by atoms with Crippen LogP contribution in [0.4, 0.5) is 4.79 Å². The minimum Gasteiger partial charge on any atom is -0.397 e. The second-order valence-corrected chi connectivity index (χ2v) is 1.92. The predicted octanol–water partition coefficient (Wildman–Crippen LogP) is -1.26. The molecule has 0 saturated carbocycles. The van der Waals surface area contributed by atoms with Gasteiger partial charge in [-0.1, -0.05) is 0 Å². The maximum atomic E-state index is 10.3. The van der Waals surface area contributed by atoms with Gasteiger partial charge in [-0.25, -0.2) is 4.79 Å². The van der Waals surface area contributed by atoms with Crippen molar-refractivity contribution in [3.63, 3.8) is 0 Å². The monoisotopic (exact) mass is 174 g/mol. The molecule has 0 spiro atoms. The van der Waals surface area contributed by atoms with Crippen LogP contribution in [0, 0.1) is 0 Å². The van der Waals surface area contributed by atoms with E-state index in [9.17, 15) is 14.4 Å². The Bertz CT molecular complexity index is 156. The van der Waals surface area contributed by atoms with Crippen molar-refractivity contribution >= 4 is 17.8 Å². The van der Waals surface area contributed by atoms with Crippen molar-refractivity contribution in [3.8, 4) is 0 Å². The number of urea groups is 1. The van der Waals surface area contributed by atoms with Gasteiger partial charge in [0.05, 0.1) is 0 Å². The molecule has 0 radical (unpaired) electrons. The second kappa shape index (κ2) is 5.25. The van der Waals surface area contributed by atoms with Crippen LogP contribution in [0.2, 0.25) is 0 Å². The van der Waals surface area contributed by atoms with Gasteiger partial charge >= 0.3 is 6.03 Å². The fourth-order valence-corrected chi connectivity index (χ4v) is 0.519. The van der Waals surface area contributed by atoms with E-state index in [1.165, 1.54) is 0 Å². The van der Waals surface area contributed by atoms with Gasteiger partial charge in [-0.2, -0.15) is 0 Å². The Kier molecular flexibility index (Phi) is 4.62. The molecule has 1 rings (SSSR count). The maximum absolute atomic E-state index is 10.3. The Morgan fingerprint density at radius 2 is 1.58 bits per heavy atom. The topological polar surface area (TPSA) is 95.5 Å². The van der Waals surface area contributed by atoms with Gasteiger partial charge in [0.15, 0.2) is 0 Å². The summed E-state index contributed by atoms with van der Waals surface area (Å²) in [6, 6.07) is -0.740. The summed E-state index contributed by atoms with van der Waals surface area (Å²) >= 11 is 0. The van der Waals surface area contributed by atoms with Crippen LogP contribution in [0.1, 0.15) is 13.3 Å². The summed E-state index contributed by atoms with van der Waals surface area (Å²) in [4.78, 5) is 30.8. The lowest BCUT2D eigenvalue weighted by atomic mass is 10.3. The number of aliphatic hydroxyl groups is 1. The van der Waals surface area contributed by atoms with Gasteiger partial charge in [0.1, 0.15) is 6.42 Å². The van der Waals surface area contributed by atoms with Crippen molar-refractivity contribution in [3.05, 3.63) is 0 Å². The quantitative estimate of drug-likeness (QED) is 0.399. The molecule has 1 saturated heterocycles. The summed E-state index contributed by atoms with van der Waals surface area (Å²) in [6.45, 7) is 1.93. The Hall–Kier alpha value is -1.43. The molecule has 1 fully saturated rings. The number of barbiturate groups is 1.